The lowest BCUT2D eigenvalue weighted by Gasteiger charge is -2.26. The second kappa shape index (κ2) is 4.39. The molecule has 1 saturated heterocycles. The molecule has 0 aliphatic carbocycles. The fourth-order valence-electron chi connectivity index (χ4n) is 1.67. The lowest BCUT2D eigenvalue weighted by Crippen LogP contribution is -2.24. The van der Waals surface area contributed by atoms with Crippen molar-refractivity contribution in [2.45, 2.75) is 32.3 Å². The lowest BCUT2D eigenvalue weighted by molar-refractivity contribution is 0.00204. The Hall–Kier alpha value is -0.130. The fourth-order valence-corrected chi connectivity index (χ4v) is 2.30. The van der Waals surface area contributed by atoms with Crippen LogP contribution in [0.1, 0.15) is 26.2 Å². The zero-order chi connectivity index (χ0) is 9.90. The molecule has 1 aliphatic heterocycles. The summed E-state index contributed by atoms with van der Waals surface area (Å²) in [4.78, 5) is 0. The summed E-state index contributed by atoms with van der Waals surface area (Å²) in [7, 11) is -3.78. The molecular weight excluding hydrogens is 192 g/mol. The van der Waals surface area contributed by atoms with Crippen LogP contribution in [0.25, 0.3) is 0 Å². The molecule has 0 amide bonds. The molecule has 2 atom stereocenters. The van der Waals surface area contributed by atoms with Crippen LogP contribution in [0.3, 0.4) is 0 Å². The van der Waals surface area contributed by atoms with Gasteiger partial charge in [0.25, 0.3) is 10.1 Å². The van der Waals surface area contributed by atoms with Crippen molar-refractivity contribution in [3.8, 4) is 0 Å². The van der Waals surface area contributed by atoms with Crippen LogP contribution in [0.5, 0.6) is 0 Å². The Morgan fingerprint density at radius 1 is 1.54 bits per heavy atom. The third-order valence-corrected chi connectivity index (χ3v) is 3.13. The molecule has 2 unspecified atom stereocenters. The first kappa shape index (κ1) is 10.9. The van der Waals surface area contributed by atoms with Gasteiger partial charge in [0.1, 0.15) is 0 Å². The second-order valence-electron chi connectivity index (χ2n) is 3.65. The van der Waals surface area contributed by atoms with Gasteiger partial charge in [-0.15, -0.1) is 0 Å². The Morgan fingerprint density at radius 2 is 2.23 bits per heavy atom. The summed E-state index contributed by atoms with van der Waals surface area (Å²) in [6.45, 7) is 2.69. The quantitative estimate of drug-likeness (QED) is 0.705. The van der Waals surface area contributed by atoms with E-state index in [2.05, 4.69) is 0 Å². The summed E-state index contributed by atoms with van der Waals surface area (Å²) < 4.78 is 34.8. The third-order valence-electron chi connectivity index (χ3n) is 2.38. The minimum Gasteiger partial charge on any atom is -0.378 e. The predicted octanol–water partition coefficient (Wildman–Crippen LogP) is 1.08. The topological polar surface area (TPSA) is 63.6 Å². The van der Waals surface area contributed by atoms with Gasteiger partial charge in [-0.2, -0.15) is 8.42 Å². The summed E-state index contributed by atoms with van der Waals surface area (Å²) in [5.41, 5.74) is 0. The molecule has 78 valence electrons. The maximum Gasteiger partial charge on any atom is 0.264 e. The van der Waals surface area contributed by atoms with Crippen molar-refractivity contribution in [3.05, 3.63) is 0 Å². The van der Waals surface area contributed by atoms with Crippen LogP contribution in [0.2, 0.25) is 0 Å². The van der Waals surface area contributed by atoms with Gasteiger partial charge in [-0.3, -0.25) is 4.55 Å². The van der Waals surface area contributed by atoms with E-state index in [0.29, 0.717) is 18.9 Å². The molecular formula is C8H16O4S. The molecule has 13 heavy (non-hydrogen) atoms. The SMILES string of the molecule is CC1CC(CCS(=O)(=O)O)CCO1. The monoisotopic (exact) mass is 208 g/mol. The number of rotatable bonds is 3. The molecule has 5 heteroatoms. The number of ether oxygens (including phenoxy) is 1. The average molecular weight is 208 g/mol. The molecule has 0 bridgehead atoms. The van der Waals surface area contributed by atoms with Crippen molar-refractivity contribution in [1.29, 1.82) is 0 Å². The van der Waals surface area contributed by atoms with Gasteiger partial charge in [0, 0.05) is 6.61 Å². The zero-order valence-electron chi connectivity index (χ0n) is 7.77. The van der Waals surface area contributed by atoms with Crippen molar-refractivity contribution in [3.63, 3.8) is 0 Å². The first-order valence-electron chi connectivity index (χ1n) is 4.54. The van der Waals surface area contributed by atoms with Crippen LogP contribution in [-0.2, 0) is 14.9 Å². The predicted molar refractivity (Wildman–Crippen MR) is 49.2 cm³/mol. The van der Waals surface area contributed by atoms with Crippen LogP contribution in [0, 0.1) is 5.92 Å². The largest absolute Gasteiger partial charge is 0.378 e. The molecule has 0 aromatic heterocycles. The zero-order valence-corrected chi connectivity index (χ0v) is 8.59. The summed E-state index contributed by atoms with van der Waals surface area (Å²) in [5.74, 6) is 0.260. The Labute approximate surface area is 79.0 Å². The first-order valence-corrected chi connectivity index (χ1v) is 6.15. The van der Waals surface area contributed by atoms with Crippen molar-refractivity contribution in [1.82, 2.24) is 0 Å². The molecule has 0 saturated carbocycles. The average Bonchev–Trinajstić information content (AvgIpc) is 2.00. The molecule has 1 aliphatic rings. The Balaban J connectivity index is 2.29. The Kier molecular flexibility index (Phi) is 3.70. The van der Waals surface area contributed by atoms with Gasteiger partial charge in [-0.05, 0) is 32.1 Å². The summed E-state index contributed by atoms with van der Waals surface area (Å²) in [6, 6.07) is 0. The molecule has 0 radical (unpaired) electrons. The molecule has 0 aromatic carbocycles. The van der Waals surface area contributed by atoms with Gasteiger partial charge in [0.15, 0.2) is 0 Å². The third kappa shape index (κ3) is 4.59. The number of hydrogen-bond donors (Lipinski definition) is 1. The molecule has 0 spiro atoms. The van der Waals surface area contributed by atoms with Gasteiger partial charge >= 0.3 is 0 Å². The van der Waals surface area contributed by atoms with E-state index in [1.165, 1.54) is 0 Å². The van der Waals surface area contributed by atoms with E-state index in [9.17, 15) is 8.42 Å². The molecule has 1 heterocycles. The van der Waals surface area contributed by atoms with E-state index in [4.69, 9.17) is 9.29 Å². The second-order valence-corrected chi connectivity index (χ2v) is 5.22. The maximum atomic E-state index is 10.5. The smallest absolute Gasteiger partial charge is 0.264 e. The molecule has 4 nitrogen and oxygen atoms in total. The van der Waals surface area contributed by atoms with E-state index in [1.54, 1.807) is 0 Å². The van der Waals surface area contributed by atoms with E-state index < -0.39 is 10.1 Å². The van der Waals surface area contributed by atoms with Gasteiger partial charge in [-0.1, -0.05) is 0 Å². The van der Waals surface area contributed by atoms with E-state index >= 15 is 0 Å². The lowest BCUT2D eigenvalue weighted by atomic mass is 9.94. The molecule has 1 N–H and O–H groups in total. The minimum atomic E-state index is -3.78. The summed E-state index contributed by atoms with van der Waals surface area (Å²) >= 11 is 0. The van der Waals surface area contributed by atoms with Gasteiger partial charge in [-0.25, -0.2) is 0 Å². The first-order chi connectivity index (χ1) is 5.97. The van der Waals surface area contributed by atoms with Gasteiger partial charge in [0.05, 0.1) is 11.9 Å². The van der Waals surface area contributed by atoms with Crippen molar-refractivity contribution >= 4 is 10.1 Å². The normalized spacial score (nSPS) is 30.3. The van der Waals surface area contributed by atoms with E-state index in [1.807, 2.05) is 6.92 Å². The van der Waals surface area contributed by atoms with Crippen LogP contribution in [0.15, 0.2) is 0 Å². The summed E-state index contributed by atoms with van der Waals surface area (Å²) in [5, 5.41) is 0. The summed E-state index contributed by atoms with van der Waals surface area (Å²) in [6.07, 6.45) is 2.57. The molecule has 0 aromatic rings. The minimum absolute atomic E-state index is 0.121. The standard InChI is InChI=1S/C8H16O4S/c1-7-6-8(2-4-12-7)3-5-13(9,10)11/h7-8H,2-6H2,1H3,(H,9,10,11). The maximum absolute atomic E-state index is 10.5. The highest BCUT2D eigenvalue weighted by atomic mass is 32.2. The highest BCUT2D eigenvalue weighted by Crippen LogP contribution is 2.23. The van der Waals surface area contributed by atoms with Crippen LogP contribution in [-0.4, -0.2) is 31.4 Å². The van der Waals surface area contributed by atoms with Crippen molar-refractivity contribution in [2.24, 2.45) is 5.92 Å². The highest BCUT2D eigenvalue weighted by molar-refractivity contribution is 7.85. The van der Waals surface area contributed by atoms with E-state index in [-0.39, 0.29) is 11.9 Å². The van der Waals surface area contributed by atoms with E-state index in [0.717, 1.165) is 12.8 Å². The Bertz CT molecular complexity index is 247. The fraction of sp³-hybridized carbons (Fsp3) is 1.00. The van der Waals surface area contributed by atoms with Crippen molar-refractivity contribution < 1.29 is 17.7 Å². The van der Waals surface area contributed by atoms with Crippen LogP contribution < -0.4 is 0 Å². The highest BCUT2D eigenvalue weighted by Gasteiger charge is 2.20. The Morgan fingerprint density at radius 3 is 2.77 bits per heavy atom. The molecule has 1 rings (SSSR count). The van der Waals surface area contributed by atoms with Gasteiger partial charge in [0.2, 0.25) is 0 Å². The number of hydrogen-bond acceptors (Lipinski definition) is 3. The van der Waals surface area contributed by atoms with Gasteiger partial charge < -0.3 is 4.74 Å². The van der Waals surface area contributed by atoms with Crippen molar-refractivity contribution in [2.75, 3.05) is 12.4 Å². The van der Waals surface area contributed by atoms with Crippen LogP contribution in [0.4, 0.5) is 0 Å². The van der Waals surface area contributed by atoms with Crippen LogP contribution >= 0.6 is 0 Å². The molecule has 1 fully saturated rings.